The van der Waals surface area contributed by atoms with E-state index in [0.717, 1.165) is 17.0 Å². The van der Waals surface area contributed by atoms with E-state index in [9.17, 15) is 9.90 Å². The van der Waals surface area contributed by atoms with Gasteiger partial charge in [0.05, 0.1) is 25.7 Å². The number of nitrogens with one attached hydrogen (secondary N) is 1. The Morgan fingerprint density at radius 2 is 1.89 bits per heavy atom. The Bertz CT molecular complexity index is 1390. The fourth-order valence-electron chi connectivity index (χ4n) is 3.38. The zero-order valence-electron chi connectivity index (χ0n) is 20.1. The molecule has 9 nitrogen and oxygen atoms in total. The van der Waals surface area contributed by atoms with E-state index < -0.39 is 0 Å². The number of carbonyl (C=O) groups excluding carboxylic acids is 1. The van der Waals surface area contributed by atoms with Crippen LogP contribution in [0.1, 0.15) is 12.5 Å². The molecule has 190 valence electrons. The Morgan fingerprint density at radius 3 is 2.59 bits per heavy atom. The van der Waals surface area contributed by atoms with Crippen molar-refractivity contribution < 1.29 is 19.4 Å². The molecule has 0 aliphatic rings. The topological polar surface area (TPSA) is 111 Å². The highest BCUT2D eigenvalue weighted by Crippen LogP contribution is 2.30. The Kier molecular flexibility index (Phi) is 8.65. The highest BCUT2D eigenvalue weighted by atomic mass is 35.5. The lowest BCUT2D eigenvalue weighted by atomic mass is 10.2. The summed E-state index contributed by atoms with van der Waals surface area (Å²) in [4.78, 5) is 12.5. The van der Waals surface area contributed by atoms with Crippen LogP contribution in [0.4, 0.5) is 0 Å². The van der Waals surface area contributed by atoms with E-state index in [2.05, 4.69) is 20.7 Å². The second kappa shape index (κ2) is 12.3. The van der Waals surface area contributed by atoms with Crippen LogP contribution in [-0.2, 0) is 4.79 Å². The van der Waals surface area contributed by atoms with Crippen molar-refractivity contribution in [1.82, 2.24) is 20.2 Å². The SMILES string of the molecule is CCOc1ccc(-n2c(SCC(=O)N/N=C\c3cccc(OC)c3O)nnc2-c2ccc(Cl)cc2)cc1. The summed E-state index contributed by atoms with van der Waals surface area (Å²) < 4.78 is 12.5. The molecular weight excluding hydrogens is 514 g/mol. The quantitative estimate of drug-likeness (QED) is 0.167. The molecule has 0 saturated carbocycles. The summed E-state index contributed by atoms with van der Waals surface area (Å²) >= 11 is 7.28. The average molecular weight is 538 g/mol. The normalized spacial score (nSPS) is 11.0. The molecule has 4 rings (SSSR count). The van der Waals surface area contributed by atoms with Crippen LogP contribution in [0.2, 0.25) is 5.02 Å². The van der Waals surface area contributed by atoms with Crippen LogP contribution in [0, 0.1) is 0 Å². The number of rotatable bonds is 10. The number of hydrogen-bond acceptors (Lipinski definition) is 8. The third-order valence-corrected chi connectivity index (χ3v) is 6.30. The first-order chi connectivity index (χ1) is 18.0. The number of nitrogens with zero attached hydrogens (tertiary/aromatic N) is 4. The van der Waals surface area contributed by atoms with Gasteiger partial charge in [0.2, 0.25) is 0 Å². The molecule has 0 spiro atoms. The molecule has 0 aliphatic heterocycles. The second-order valence-electron chi connectivity index (χ2n) is 7.56. The number of hydrogen-bond donors (Lipinski definition) is 2. The fourth-order valence-corrected chi connectivity index (χ4v) is 4.25. The zero-order chi connectivity index (χ0) is 26.2. The van der Waals surface area contributed by atoms with Crippen LogP contribution in [0.5, 0.6) is 17.2 Å². The number of ether oxygens (including phenoxy) is 2. The van der Waals surface area contributed by atoms with Crippen LogP contribution in [0.3, 0.4) is 0 Å². The number of amides is 1. The van der Waals surface area contributed by atoms with Crippen molar-refractivity contribution in [3.8, 4) is 34.3 Å². The van der Waals surface area contributed by atoms with Crippen molar-refractivity contribution in [1.29, 1.82) is 0 Å². The minimum absolute atomic E-state index is 0.0389. The monoisotopic (exact) mass is 537 g/mol. The van der Waals surface area contributed by atoms with Crippen molar-refractivity contribution in [2.45, 2.75) is 12.1 Å². The lowest BCUT2D eigenvalue weighted by Gasteiger charge is -2.11. The Balaban J connectivity index is 1.51. The van der Waals surface area contributed by atoms with Crippen LogP contribution < -0.4 is 14.9 Å². The van der Waals surface area contributed by atoms with Gasteiger partial charge in [0, 0.05) is 21.8 Å². The molecule has 0 unspecified atom stereocenters. The Morgan fingerprint density at radius 1 is 1.14 bits per heavy atom. The average Bonchev–Trinajstić information content (AvgIpc) is 3.33. The summed E-state index contributed by atoms with van der Waals surface area (Å²) in [6.07, 6.45) is 1.35. The number of methoxy groups -OCH3 is 1. The van der Waals surface area contributed by atoms with Gasteiger partial charge in [-0.25, -0.2) is 5.43 Å². The van der Waals surface area contributed by atoms with Gasteiger partial charge >= 0.3 is 0 Å². The Hall–Kier alpha value is -4.02. The molecule has 0 saturated heterocycles. The molecule has 0 atom stereocenters. The van der Waals surface area contributed by atoms with Gasteiger partial charge in [-0.15, -0.1) is 10.2 Å². The van der Waals surface area contributed by atoms with Crippen LogP contribution in [0.25, 0.3) is 17.1 Å². The van der Waals surface area contributed by atoms with Crippen LogP contribution >= 0.6 is 23.4 Å². The van der Waals surface area contributed by atoms with Crippen molar-refractivity contribution in [3.63, 3.8) is 0 Å². The van der Waals surface area contributed by atoms with E-state index in [1.165, 1.54) is 25.1 Å². The second-order valence-corrected chi connectivity index (χ2v) is 8.93. The number of aromatic hydroxyl groups is 1. The number of hydrazone groups is 1. The molecule has 1 aromatic heterocycles. The number of para-hydroxylation sites is 1. The molecule has 0 radical (unpaired) electrons. The van der Waals surface area contributed by atoms with Gasteiger partial charge in [0.25, 0.3) is 5.91 Å². The summed E-state index contributed by atoms with van der Waals surface area (Å²) in [7, 11) is 1.46. The number of benzene rings is 3. The number of phenolic OH excluding ortho intramolecular Hbond substituents is 1. The lowest BCUT2D eigenvalue weighted by Crippen LogP contribution is -2.20. The number of thioether (sulfide) groups is 1. The Labute approximate surface area is 223 Å². The van der Waals surface area contributed by atoms with E-state index in [1.54, 1.807) is 30.3 Å². The standard InChI is InChI=1S/C26H24ClN5O4S/c1-3-36-21-13-11-20(12-14-21)32-25(17-7-9-19(27)10-8-17)30-31-26(32)37-16-23(33)29-28-15-18-5-4-6-22(35-2)24(18)34/h4-15,34H,3,16H2,1-2H3,(H,29,33)/b28-15-. The summed E-state index contributed by atoms with van der Waals surface area (Å²) in [6, 6.07) is 19.8. The minimum atomic E-state index is -0.349. The van der Waals surface area contributed by atoms with E-state index in [0.29, 0.717) is 33.9 Å². The fraction of sp³-hybridized carbons (Fsp3) is 0.154. The van der Waals surface area contributed by atoms with Crippen LogP contribution in [-0.4, -0.2) is 51.5 Å². The van der Waals surface area contributed by atoms with Gasteiger partial charge in [0.1, 0.15) is 5.75 Å². The lowest BCUT2D eigenvalue weighted by molar-refractivity contribution is -0.118. The summed E-state index contributed by atoms with van der Waals surface area (Å²) in [5.74, 6) is 1.30. The molecule has 0 fully saturated rings. The molecular formula is C26H24ClN5O4S. The van der Waals surface area contributed by atoms with E-state index >= 15 is 0 Å². The van der Waals surface area contributed by atoms with E-state index in [1.807, 2.05) is 47.9 Å². The first-order valence-corrected chi connectivity index (χ1v) is 12.6. The zero-order valence-corrected chi connectivity index (χ0v) is 21.7. The van der Waals surface area contributed by atoms with Gasteiger partial charge in [-0.2, -0.15) is 5.10 Å². The predicted octanol–water partition coefficient (Wildman–Crippen LogP) is 4.94. The molecule has 0 aliphatic carbocycles. The first kappa shape index (κ1) is 26.1. The highest BCUT2D eigenvalue weighted by molar-refractivity contribution is 7.99. The van der Waals surface area contributed by atoms with Crippen LogP contribution in [0.15, 0.2) is 77.0 Å². The maximum atomic E-state index is 12.5. The third-order valence-electron chi connectivity index (χ3n) is 5.12. The maximum Gasteiger partial charge on any atom is 0.250 e. The maximum absolute atomic E-state index is 12.5. The predicted molar refractivity (Wildman–Crippen MR) is 144 cm³/mol. The number of halogens is 1. The molecule has 1 amide bonds. The van der Waals surface area contributed by atoms with Gasteiger partial charge < -0.3 is 14.6 Å². The third kappa shape index (κ3) is 6.41. The van der Waals surface area contributed by atoms with Crippen molar-refractivity contribution in [2.24, 2.45) is 5.10 Å². The van der Waals surface area contributed by atoms with Crippen molar-refractivity contribution >= 4 is 35.5 Å². The number of aromatic nitrogens is 3. The molecule has 0 bridgehead atoms. The first-order valence-electron chi connectivity index (χ1n) is 11.3. The summed E-state index contributed by atoms with van der Waals surface area (Å²) in [5.41, 5.74) is 4.51. The van der Waals surface area contributed by atoms with Crippen molar-refractivity contribution in [3.05, 3.63) is 77.3 Å². The van der Waals surface area contributed by atoms with Gasteiger partial charge in [-0.1, -0.05) is 29.4 Å². The largest absolute Gasteiger partial charge is 0.504 e. The smallest absolute Gasteiger partial charge is 0.250 e. The van der Waals surface area contributed by atoms with E-state index in [-0.39, 0.29) is 17.4 Å². The molecule has 3 aromatic carbocycles. The molecule has 4 aromatic rings. The van der Waals surface area contributed by atoms with Gasteiger partial charge in [0.15, 0.2) is 22.5 Å². The summed E-state index contributed by atoms with van der Waals surface area (Å²) in [6.45, 7) is 2.49. The molecule has 1 heterocycles. The minimum Gasteiger partial charge on any atom is -0.504 e. The van der Waals surface area contributed by atoms with Crippen molar-refractivity contribution in [2.75, 3.05) is 19.5 Å². The summed E-state index contributed by atoms with van der Waals surface area (Å²) in [5, 5.41) is 23.9. The van der Waals surface area contributed by atoms with Gasteiger partial charge in [-0.05, 0) is 67.6 Å². The molecule has 37 heavy (non-hydrogen) atoms. The number of phenols is 1. The molecule has 2 N–H and O–H groups in total. The van der Waals surface area contributed by atoms with Gasteiger partial charge in [-0.3, -0.25) is 9.36 Å². The van der Waals surface area contributed by atoms with E-state index in [4.69, 9.17) is 21.1 Å². The number of carbonyl (C=O) groups is 1. The highest BCUT2D eigenvalue weighted by Gasteiger charge is 2.17. The molecule has 11 heteroatoms.